The number of nitrogens with zero attached hydrogens (tertiary/aromatic N) is 1. The zero-order valence-electron chi connectivity index (χ0n) is 16.9. The molecule has 0 spiro atoms. The Bertz CT molecular complexity index is 776. The van der Waals surface area contributed by atoms with E-state index in [1.165, 1.54) is 30.0 Å². The molecule has 0 saturated carbocycles. The first-order valence-corrected chi connectivity index (χ1v) is 10.7. The molecule has 1 aromatic heterocycles. The van der Waals surface area contributed by atoms with Crippen molar-refractivity contribution < 1.29 is 23.0 Å². The highest BCUT2D eigenvalue weighted by atomic mass is 32.1. The van der Waals surface area contributed by atoms with Crippen LogP contribution in [0.1, 0.15) is 62.9 Å². The summed E-state index contributed by atoms with van der Waals surface area (Å²) in [5.74, 6) is -0.154. The summed E-state index contributed by atoms with van der Waals surface area (Å²) >= 11 is 1.17. The maximum Gasteiger partial charge on any atom is 0.419 e. The summed E-state index contributed by atoms with van der Waals surface area (Å²) in [5, 5.41) is 9.82. The van der Waals surface area contributed by atoms with Crippen LogP contribution in [0.15, 0.2) is 24.4 Å². The van der Waals surface area contributed by atoms with Crippen molar-refractivity contribution in [2.24, 2.45) is 5.73 Å². The van der Waals surface area contributed by atoms with Gasteiger partial charge in [0.15, 0.2) is 0 Å². The van der Waals surface area contributed by atoms with Gasteiger partial charge < -0.3 is 15.6 Å². The minimum atomic E-state index is -4.52. The number of hydrogen-bond donors (Lipinski definition) is 2. The van der Waals surface area contributed by atoms with E-state index in [4.69, 9.17) is 10.5 Å². The van der Waals surface area contributed by atoms with Gasteiger partial charge in [0.1, 0.15) is 10.8 Å². The molecule has 2 aromatic rings. The number of hydrogen-bond acceptors (Lipinski definition) is 5. The topological polar surface area (TPSA) is 68.4 Å². The van der Waals surface area contributed by atoms with Gasteiger partial charge in [-0.1, -0.05) is 39.0 Å². The minimum absolute atomic E-state index is 0.154. The van der Waals surface area contributed by atoms with Crippen molar-refractivity contribution in [1.82, 2.24) is 4.98 Å². The zero-order chi connectivity index (χ0) is 21.5. The van der Waals surface area contributed by atoms with Crippen LogP contribution in [-0.2, 0) is 11.7 Å². The van der Waals surface area contributed by atoms with E-state index < -0.39 is 17.3 Å². The first-order valence-electron chi connectivity index (χ1n) is 9.89. The second kappa shape index (κ2) is 10.4. The Morgan fingerprint density at radius 3 is 2.48 bits per heavy atom. The Balaban J connectivity index is 2.12. The lowest BCUT2D eigenvalue weighted by molar-refractivity contribution is -0.138. The van der Waals surface area contributed by atoms with Gasteiger partial charge in [0.05, 0.1) is 29.2 Å². The summed E-state index contributed by atoms with van der Waals surface area (Å²) in [6, 6.07) is 4.04. The number of aromatic nitrogens is 1. The Labute approximate surface area is 173 Å². The first kappa shape index (κ1) is 23.6. The maximum absolute atomic E-state index is 13.6. The van der Waals surface area contributed by atoms with Crippen molar-refractivity contribution in [3.63, 3.8) is 0 Å². The summed E-state index contributed by atoms with van der Waals surface area (Å²) in [7, 11) is 0. The maximum atomic E-state index is 13.6. The van der Waals surface area contributed by atoms with E-state index in [0.717, 1.165) is 38.2 Å². The van der Waals surface area contributed by atoms with Gasteiger partial charge in [0.25, 0.3) is 0 Å². The third kappa shape index (κ3) is 6.69. The van der Waals surface area contributed by atoms with E-state index in [0.29, 0.717) is 15.4 Å². The van der Waals surface area contributed by atoms with Crippen molar-refractivity contribution >= 4 is 11.3 Å². The van der Waals surface area contributed by atoms with E-state index in [2.05, 4.69) is 11.9 Å². The van der Waals surface area contributed by atoms with Gasteiger partial charge in [0, 0.05) is 6.20 Å². The number of thiazole rings is 1. The van der Waals surface area contributed by atoms with E-state index >= 15 is 0 Å². The van der Waals surface area contributed by atoms with Crippen LogP contribution in [0.5, 0.6) is 5.75 Å². The lowest BCUT2D eigenvalue weighted by Gasteiger charge is -2.17. The average molecular weight is 431 g/mol. The molecule has 0 aliphatic heterocycles. The molecule has 0 radical (unpaired) electrons. The van der Waals surface area contributed by atoms with Gasteiger partial charge in [-0.3, -0.25) is 0 Å². The molecule has 2 rings (SSSR count). The molecule has 162 valence electrons. The second-order valence-corrected chi connectivity index (χ2v) is 8.46. The molecule has 0 fully saturated rings. The summed E-state index contributed by atoms with van der Waals surface area (Å²) in [6.07, 6.45) is 3.20. The fourth-order valence-corrected chi connectivity index (χ4v) is 3.80. The molecule has 0 aliphatic rings. The van der Waals surface area contributed by atoms with Crippen LogP contribution in [0.25, 0.3) is 10.4 Å². The SMILES string of the molecule is CCCCCCCCOc1ccc(-c2cnc([C@@](C)(N)CO)s2)cc1C(F)(F)F. The van der Waals surface area contributed by atoms with Gasteiger partial charge in [-0.15, -0.1) is 11.3 Å². The van der Waals surface area contributed by atoms with Gasteiger partial charge in [-0.2, -0.15) is 13.2 Å². The van der Waals surface area contributed by atoms with E-state index in [-0.39, 0.29) is 19.0 Å². The Kier molecular flexibility index (Phi) is 8.48. The summed E-state index contributed by atoms with van der Waals surface area (Å²) in [5.41, 5.74) is 4.52. The lowest BCUT2D eigenvalue weighted by atomic mass is 10.1. The highest BCUT2D eigenvalue weighted by Gasteiger charge is 2.35. The predicted octanol–water partition coefficient (Wildman–Crippen LogP) is 5.73. The summed E-state index contributed by atoms with van der Waals surface area (Å²) in [6.45, 7) is 3.72. The molecule has 0 bridgehead atoms. The number of alkyl halides is 3. The van der Waals surface area contributed by atoms with Crippen LogP contribution in [0.2, 0.25) is 0 Å². The third-order valence-electron chi connectivity index (χ3n) is 4.65. The summed E-state index contributed by atoms with van der Waals surface area (Å²) in [4.78, 5) is 4.72. The first-order chi connectivity index (χ1) is 13.7. The Morgan fingerprint density at radius 1 is 1.14 bits per heavy atom. The average Bonchev–Trinajstić information content (AvgIpc) is 3.18. The molecule has 0 saturated heterocycles. The van der Waals surface area contributed by atoms with Gasteiger partial charge in [0.2, 0.25) is 0 Å². The van der Waals surface area contributed by atoms with Gasteiger partial charge in [-0.25, -0.2) is 4.98 Å². The molecule has 1 heterocycles. The second-order valence-electron chi connectivity index (χ2n) is 7.43. The number of aliphatic hydroxyl groups is 1. The Hall–Kier alpha value is -1.64. The molecule has 3 N–H and O–H groups in total. The van der Waals surface area contributed by atoms with Crippen LogP contribution in [0, 0.1) is 0 Å². The smallest absolute Gasteiger partial charge is 0.419 e. The fourth-order valence-electron chi connectivity index (χ4n) is 2.83. The molecular weight excluding hydrogens is 401 g/mol. The van der Waals surface area contributed by atoms with Crippen LogP contribution in [0.3, 0.4) is 0 Å². The molecule has 0 amide bonds. The summed E-state index contributed by atoms with van der Waals surface area (Å²) < 4.78 is 46.1. The number of halogens is 3. The Morgan fingerprint density at radius 2 is 1.83 bits per heavy atom. The van der Waals surface area contributed by atoms with Crippen LogP contribution >= 0.6 is 11.3 Å². The number of ether oxygens (including phenoxy) is 1. The largest absolute Gasteiger partial charge is 0.493 e. The van der Waals surface area contributed by atoms with Crippen molar-refractivity contribution in [3.05, 3.63) is 35.0 Å². The molecule has 1 aromatic carbocycles. The molecule has 0 unspecified atom stereocenters. The minimum Gasteiger partial charge on any atom is -0.493 e. The lowest BCUT2D eigenvalue weighted by Crippen LogP contribution is -2.36. The van der Waals surface area contributed by atoms with E-state index in [1.54, 1.807) is 13.0 Å². The van der Waals surface area contributed by atoms with Crippen molar-refractivity contribution in [1.29, 1.82) is 0 Å². The highest BCUT2D eigenvalue weighted by Crippen LogP contribution is 2.40. The number of rotatable bonds is 11. The normalized spacial score (nSPS) is 14.0. The zero-order valence-corrected chi connectivity index (χ0v) is 17.7. The van der Waals surface area contributed by atoms with Crippen LogP contribution < -0.4 is 10.5 Å². The van der Waals surface area contributed by atoms with Gasteiger partial charge >= 0.3 is 6.18 Å². The van der Waals surface area contributed by atoms with Crippen LogP contribution in [0.4, 0.5) is 13.2 Å². The third-order valence-corrected chi connectivity index (χ3v) is 5.97. The fraction of sp³-hybridized carbons (Fsp3) is 0.571. The van der Waals surface area contributed by atoms with E-state index in [9.17, 15) is 18.3 Å². The standard InChI is InChI=1S/C21H29F3N2O2S/c1-3-4-5-6-7-8-11-28-17-10-9-15(12-16(17)21(22,23)24)18-13-26-19(29-18)20(2,25)14-27/h9-10,12-13,27H,3-8,11,14,25H2,1-2H3/t20-/m0/s1. The number of unbranched alkanes of at least 4 members (excludes halogenated alkanes) is 5. The molecule has 8 heteroatoms. The number of benzene rings is 1. The monoisotopic (exact) mass is 430 g/mol. The predicted molar refractivity (Wildman–Crippen MR) is 110 cm³/mol. The van der Waals surface area contributed by atoms with Gasteiger partial charge in [-0.05, 0) is 37.1 Å². The van der Waals surface area contributed by atoms with Crippen LogP contribution in [-0.4, -0.2) is 23.3 Å². The van der Waals surface area contributed by atoms with Crippen molar-refractivity contribution in [2.75, 3.05) is 13.2 Å². The van der Waals surface area contributed by atoms with Crippen molar-refractivity contribution in [2.45, 2.75) is 64.1 Å². The molecule has 4 nitrogen and oxygen atoms in total. The van der Waals surface area contributed by atoms with Crippen molar-refractivity contribution in [3.8, 4) is 16.2 Å². The van der Waals surface area contributed by atoms with E-state index in [1.807, 2.05) is 0 Å². The number of aliphatic hydroxyl groups excluding tert-OH is 1. The molecule has 29 heavy (non-hydrogen) atoms. The highest BCUT2D eigenvalue weighted by molar-refractivity contribution is 7.15. The molecule has 1 atom stereocenters. The molecular formula is C21H29F3N2O2S. The number of nitrogens with two attached hydrogens (primary N) is 1. The molecule has 0 aliphatic carbocycles. The quantitative estimate of drug-likeness (QED) is 0.447.